The lowest BCUT2D eigenvalue weighted by Crippen LogP contribution is -2.39. The van der Waals surface area contributed by atoms with Gasteiger partial charge in [0.1, 0.15) is 28.6 Å². The second-order valence-electron chi connectivity index (χ2n) is 10.8. The first-order valence-corrected chi connectivity index (χ1v) is 15.2. The molecule has 1 aliphatic rings. The maximum atomic E-state index is 13.3. The van der Waals surface area contributed by atoms with Crippen LogP contribution in [0.2, 0.25) is 0 Å². The number of carbonyl (C=O) groups is 2. The molecule has 0 saturated heterocycles. The third-order valence-corrected chi connectivity index (χ3v) is 7.80. The first-order valence-electron chi connectivity index (χ1n) is 15.2. The Hall–Kier alpha value is -5.91. The molecule has 6 rings (SSSR count). The van der Waals surface area contributed by atoms with E-state index in [1.165, 1.54) is 26.4 Å². The van der Waals surface area contributed by atoms with Gasteiger partial charge in [0.05, 0.1) is 26.4 Å². The van der Waals surface area contributed by atoms with E-state index >= 15 is 0 Å². The van der Waals surface area contributed by atoms with Gasteiger partial charge in [-0.15, -0.1) is 0 Å². The van der Waals surface area contributed by atoms with Crippen molar-refractivity contribution in [3.05, 3.63) is 115 Å². The molecule has 48 heavy (non-hydrogen) atoms. The van der Waals surface area contributed by atoms with Gasteiger partial charge in [0.2, 0.25) is 0 Å². The molecule has 1 amide bonds. The van der Waals surface area contributed by atoms with Crippen LogP contribution >= 0.6 is 0 Å². The van der Waals surface area contributed by atoms with E-state index in [-0.39, 0.29) is 29.2 Å². The number of carbonyl (C=O) groups excluding carboxylic acids is 1. The van der Waals surface area contributed by atoms with Gasteiger partial charge in [0.25, 0.3) is 5.91 Å². The summed E-state index contributed by atoms with van der Waals surface area (Å²) in [6.07, 6.45) is 9.23. The van der Waals surface area contributed by atoms with Crippen molar-refractivity contribution in [2.24, 2.45) is 5.92 Å². The van der Waals surface area contributed by atoms with Crippen LogP contribution < -0.4 is 19.5 Å². The Balaban J connectivity index is 0.000000224. The van der Waals surface area contributed by atoms with Gasteiger partial charge in [-0.3, -0.25) is 4.79 Å². The van der Waals surface area contributed by atoms with Crippen LogP contribution in [0.3, 0.4) is 0 Å². The molecular formula is C36H34FN5O6. The summed E-state index contributed by atoms with van der Waals surface area (Å²) >= 11 is 0. The Kier molecular flexibility index (Phi) is 11.2. The lowest BCUT2D eigenvalue weighted by Gasteiger charge is -2.22. The van der Waals surface area contributed by atoms with Crippen molar-refractivity contribution in [3.63, 3.8) is 0 Å². The Morgan fingerprint density at radius 1 is 0.771 bits per heavy atom. The molecule has 1 aliphatic carbocycles. The summed E-state index contributed by atoms with van der Waals surface area (Å²) < 4.78 is 29.4. The number of nitrogens with zero attached hydrogens (tertiary/aromatic N) is 4. The number of hydrogen-bond donors (Lipinski definition) is 2. The quantitative estimate of drug-likeness (QED) is 0.181. The number of carboxylic acids is 1. The van der Waals surface area contributed by atoms with E-state index in [0.29, 0.717) is 52.2 Å². The monoisotopic (exact) mass is 651 g/mol. The zero-order chi connectivity index (χ0) is 33.9. The fourth-order valence-electron chi connectivity index (χ4n) is 5.51. The third kappa shape index (κ3) is 8.08. The zero-order valence-corrected chi connectivity index (χ0v) is 26.4. The summed E-state index contributed by atoms with van der Waals surface area (Å²) in [5, 5.41) is 12.4. The minimum Gasteiger partial charge on any atom is -0.496 e. The van der Waals surface area contributed by atoms with Crippen LogP contribution in [0, 0.1) is 11.7 Å². The fourth-order valence-corrected chi connectivity index (χ4v) is 5.51. The molecule has 0 radical (unpaired) electrons. The Morgan fingerprint density at radius 2 is 1.31 bits per heavy atom. The lowest BCUT2D eigenvalue weighted by molar-refractivity contribution is 0.0693. The van der Waals surface area contributed by atoms with Crippen LogP contribution in [0.1, 0.15) is 40.0 Å². The average Bonchev–Trinajstić information content (AvgIpc) is 3.58. The fraction of sp³-hybridized carbons (Fsp3) is 0.222. The lowest BCUT2D eigenvalue weighted by atomic mass is 10.0. The Bertz CT molecular complexity index is 1830. The molecule has 1 saturated carbocycles. The molecule has 12 heteroatoms. The smallest absolute Gasteiger partial charge is 0.340 e. The number of hydrogen-bond acceptors (Lipinski definition) is 9. The highest BCUT2D eigenvalue weighted by Gasteiger charge is 2.31. The predicted octanol–water partition coefficient (Wildman–Crippen LogP) is 6.12. The van der Waals surface area contributed by atoms with Crippen molar-refractivity contribution in [3.8, 4) is 40.0 Å². The van der Waals surface area contributed by atoms with Crippen molar-refractivity contribution in [1.82, 2.24) is 25.3 Å². The molecule has 0 aliphatic heterocycles. The van der Waals surface area contributed by atoms with E-state index in [0.717, 1.165) is 19.3 Å². The topological polar surface area (TPSA) is 146 Å². The molecule has 3 aromatic carbocycles. The minimum absolute atomic E-state index is 0.0256. The van der Waals surface area contributed by atoms with E-state index in [9.17, 15) is 19.1 Å². The van der Waals surface area contributed by atoms with Gasteiger partial charge in [-0.2, -0.15) is 0 Å². The van der Waals surface area contributed by atoms with Gasteiger partial charge in [0.15, 0.2) is 11.6 Å². The highest BCUT2D eigenvalue weighted by Crippen LogP contribution is 2.32. The van der Waals surface area contributed by atoms with Crippen LogP contribution in [0.25, 0.3) is 22.8 Å². The van der Waals surface area contributed by atoms with Crippen molar-refractivity contribution in [2.45, 2.75) is 25.3 Å². The minimum atomic E-state index is -1.06. The largest absolute Gasteiger partial charge is 0.496 e. The normalized spacial score (nSPS) is 15.1. The van der Waals surface area contributed by atoms with Gasteiger partial charge in [-0.05, 0) is 61.4 Å². The van der Waals surface area contributed by atoms with E-state index < -0.39 is 5.97 Å². The molecule has 0 spiro atoms. The Morgan fingerprint density at radius 3 is 1.85 bits per heavy atom. The van der Waals surface area contributed by atoms with Crippen LogP contribution in [0.5, 0.6) is 17.2 Å². The average molecular weight is 652 g/mol. The SMILES string of the molecule is COc1cccc(-c2ncccn2)c1C(=O)N[C@H]1CCC[C@@H]1COc1ccc(F)cc1.COc1cccc(-c2ncccn2)c1C(=O)O. The van der Waals surface area contributed by atoms with Crippen LogP contribution in [-0.4, -0.2) is 63.8 Å². The van der Waals surface area contributed by atoms with E-state index in [1.807, 2.05) is 12.1 Å². The summed E-state index contributed by atoms with van der Waals surface area (Å²) in [6, 6.07) is 19.7. The van der Waals surface area contributed by atoms with Crippen molar-refractivity contribution in [1.29, 1.82) is 0 Å². The number of rotatable bonds is 10. The molecule has 0 unspecified atom stereocenters. The molecule has 2 atom stereocenters. The van der Waals surface area contributed by atoms with Crippen molar-refractivity contribution < 1.29 is 33.3 Å². The number of methoxy groups -OCH3 is 2. The Labute approximate surface area is 276 Å². The van der Waals surface area contributed by atoms with Gasteiger partial charge < -0.3 is 24.6 Å². The third-order valence-electron chi connectivity index (χ3n) is 7.80. The second kappa shape index (κ2) is 16.1. The number of carboxylic acid groups (broad SMARTS) is 1. The first-order chi connectivity index (χ1) is 23.4. The number of benzene rings is 3. The standard InChI is InChI=1S/C24H24FN3O3.C12H10N2O3/c1-30-21-8-3-6-19(23-26-13-4-14-27-23)22(21)24(29)28-20-7-2-5-16(20)15-31-18-11-9-17(25)10-12-18;1-17-9-5-2-4-8(10(9)12(15)16)11-13-6-3-7-14-11/h3-4,6,8-14,16,20H,2,5,7,15H2,1H3,(H,28,29);2-7H,1H3,(H,15,16)/t16-,20+;/m1./s1. The summed E-state index contributed by atoms with van der Waals surface area (Å²) in [6.45, 7) is 0.456. The molecule has 5 aromatic rings. The molecular weight excluding hydrogens is 617 g/mol. The molecule has 11 nitrogen and oxygen atoms in total. The maximum Gasteiger partial charge on any atom is 0.340 e. The summed E-state index contributed by atoms with van der Waals surface area (Å²) in [7, 11) is 2.97. The first kappa shape index (κ1) is 33.5. The van der Waals surface area contributed by atoms with Gasteiger partial charge in [0, 0.05) is 47.9 Å². The number of ether oxygens (including phenoxy) is 3. The molecule has 2 heterocycles. The summed E-state index contributed by atoms with van der Waals surface area (Å²) in [5.74, 6) is 0.795. The number of aromatic nitrogens is 4. The molecule has 2 aromatic heterocycles. The van der Waals surface area contributed by atoms with Crippen molar-refractivity contribution >= 4 is 11.9 Å². The van der Waals surface area contributed by atoms with E-state index in [1.54, 1.807) is 73.3 Å². The number of amides is 1. The highest BCUT2D eigenvalue weighted by atomic mass is 19.1. The molecule has 246 valence electrons. The zero-order valence-electron chi connectivity index (χ0n) is 26.4. The summed E-state index contributed by atoms with van der Waals surface area (Å²) in [5.41, 5.74) is 1.55. The molecule has 1 fully saturated rings. The predicted molar refractivity (Wildman–Crippen MR) is 175 cm³/mol. The van der Waals surface area contributed by atoms with Crippen LogP contribution in [0.4, 0.5) is 4.39 Å². The maximum absolute atomic E-state index is 13.3. The molecule has 0 bridgehead atoms. The molecule has 2 N–H and O–H groups in total. The van der Waals surface area contributed by atoms with Crippen LogP contribution in [0.15, 0.2) is 97.6 Å². The van der Waals surface area contributed by atoms with Gasteiger partial charge >= 0.3 is 5.97 Å². The van der Waals surface area contributed by atoms with Crippen LogP contribution in [-0.2, 0) is 0 Å². The van der Waals surface area contributed by atoms with E-state index in [4.69, 9.17) is 14.2 Å². The second-order valence-corrected chi connectivity index (χ2v) is 10.8. The number of nitrogens with one attached hydrogen (secondary N) is 1. The van der Waals surface area contributed by atoms with Crippen molar-refractivity contribution in [2.75, 3.05) is 20.8 Å². The van der Waals surface area contributed by atoms with Gasteiger partial charge in [-0.25, -0.2) is 29.1 Å². The number of halogens is 1. The van der Waals surface area contributed by atoms with Gasteiger partial charge in [-0.1, -0.05) is 30.7 Å². The highest BCUT2D eigenvalue weighted by molar-refractivity contribution is 6.03. The number of aromatic carboxylic acids is 1. The van der Waals surface area contributed by atoms with E-state index in [2.05, 4.69) is 25.3 Å². The summed E-state index contributed by atoms with van der Waals surface area (Å²) in [4.78, 5) is 41.2.